The van der Waals surface area contributed by atoms with Crippen LogP contribution >= 0.6 is 0 Å². The Labute approximate surface area is 154 Å². The summed E-state index contributed by atoms with van der Waals surface area (Å²) in [5.41, 5.74) is -0.518. The van der Waals surface area contributed by atoms with Crippen molar-refractivity contribution >= 4 is 11.7 Å². The Balaban J connectivity index is 1.85. The maximum Gasteiger partial charge on any atom is 0.333 e. The summed E-state index contributed by atoms with van der Waals surface area (Å²) in [5.74, 6) is 1.15. The molecule has 144 valence electrons. The van der Waals surface area contributed by atoms with Gasteiger partial charge < -0.3 is 9.80 Å². The van der Waals surface area contributed by atoms with Crippen molar-refractivity contribution in [3.63, 3.8) is 0 Å². The van der Waals surface area contributed by atoms with Crippen LogP contribution in [-0.4, -0.2) is 46.1 Å². The first-order valence-corrected chi connectivity index (χ1v) is 9.73. The van der Waals surface area contributed by atoms with Crippen LogP contribution in [-0.2, 0) is 4.79 Å². The number of aromatic nitrogens is 2. The average Bonchev–Trinajstić information content (AvgIpc) is 2.51. The van der Waals surface area contributed by atoms with E-state index in [1.807, 2.05) is 32.6 Å². The van der Waals surface area contributed by atoms with Crippen LogP contribution < -0.4 is 16.1 Å². The van der Waals surface area contributed by atoms with Gasteiger partial charge in [0.2, 0.25) is 5.91 Å². The summed E-state index contributed by atoms with van der Waals surface area (Å²) in [4.78, 5) is 41.8. The number of hydrogen-bond donors (Lipinski definition) is 0. The van der Waals surface area contributed by atoms with Crippen LogP contribution in [0.2, 0.25) is 0 Å². The SMILES string of the molecule is CC(C)n1c(N2CCN(C(=O)C3CCC3)CC2)cc(=O)n(C(C)C)c1=O. The molecule has 1 aromatic heterocycles. The van der Waals surface area contributed by atoms with Crippen molar-refractivity contribution in [2.24, 2.45) is 5.92 Å². The largest absolute Gasteiger partial charge is 0.354 e. The number of anilines is 1. The van der Waals surface area contributed by atoms with Crippen molar-refractivity contribution in [1.82, 2.24) is 14.0 Å². The van der Waals surface area contributed by atoms with E-state index in [9.17, 15) is 14.4 Å². The minimum atomic E-state index is -0.259. The highest BCUT2D eigenvalue weighted by atomic mass is 16.2. The molecule has 0 unspecified atom stereocenters. The van der Waals surface area contributed by atoms with Crippen LogP contribution in [0.5, 0.6) is 0 Å². The van der Waals surface area contributed by atoms with Gasteiger partial charge in [0.1, 0.15) is 5.82 Å². The van der Waals surface area contributed by atoms with Gasteiger partial charge in [0.15, 0.2) is 0 Å². The molecule has 0 N–H and O–H groups in total. The van der Waals surface area contributed by atoms with Gasteiger partial charge in [-0.15, -0.1) is 0 Å². The second-order valence-corrected chi connectivity index (χ2v) is 7.99. The maximum atomic E-state index is 12.9. The van der Waals surface area contributed by atoms with E-state index in [2.05, 4.69) is 4.90 Å². The molecule has 3 rings (SSSR count). The third-order valence-electron chi connectivity index (χ3n) is 5.55. The third-order valence-corrected chi connectivity index (χ3v) is 5.55. The quantitative estimate of drug-likeness (QED) is 0.816. The summed E-state index contributed by atoms with van der Waals surface area (Å²) in [6.45, 7) is 10.2. The van der Waals surface area contributed by atoms with Crippen LogP contribution in [0.3, 0.4) is 0 Å². The van der Waals surface area contributed by atoms with E-state index >= 15 is 0 Å². The fourth-order valence-corrected chi connectivity index (χ4v) is 3.83. The van der Waals surface area contributed by atoms with Crippen LogP contribution in [0.1, 0.15) is 59.0 Å². The summed E-state index contributed by atoms with van der Waals surface area (Å²) in [5, 5.41) is 0. The van der Waals surface area contributed by atoms with Gasteiger partial charge in [-0.05, 0) is 40.5 Å². The lowest BCUT2D eigenvalue weighted by molar-refractivity contribution is -0.138. The Bertz CT molecular complexity index is 781. The molecular formula is C19H30N4O3. The average molecular weight is 362 g/mol. The molecule has 26 heavy (non-hydrogen) atoms. The number of piperazine rings is 1. The Morgan fingerprint density at radius 3 is 2.00 bits per heavy atom. The smallest absolute Gasteiger partial charge is 0.333 e. The van der Waals surface area contributed by atoms with Crippen molar-refractivity contribution in [3.05, 3.63) is 26.9 Å². The molecule has 1 saturated carbocycles. The maximum absolute atomic E-state index is 12.9. The summed E-state index contributed by atoms with van der Waals surface area (Å²) < 4.78 is 3.00. The van der Waals surface area contributed by atoms with Crippen LogP contribution in [0.15, 0.2) is 15.7 Å². The molecule has 0 aromatic carbocycles. The zero-order valence-electron chi connectivity index (χ0n) is 16.3. The Kier molecular flexibility index (Phi) is 5.25. The molecule has 1 saturated heterocycles. The second-order valence-electron chi connectivity index (χ2n) is 7.99. The van der Waals surface area contributed by atoms with Gasteiger partial charge in [-0.25, -0.2) is 4.79 Å². The molecule has 0 spiro atoms. The number of hydrogen-bond acceptors (Lipinski definition) is 4. The van der Waals surface area contributed by atoms with Crippen molar-refractivity contribution in [3.8, 4) is 0 Å². The van der Waals surface area contributed by atoms with E-state index in [-0.39, 0.29) is 35.2 Å². The predicted molar refractivity (Wildman–Crippen MR) is 102 cm³/mol. The van der Waals surface area contributed by atoms with Crippen molar-refractivity contribution < 1.29 is 4.79 Å². The Morgan fingerprint density at radius 1 is 0.962 bits per heavy atom. The molecule has 1 aliphatic heterocycles. The zero-order valence-corrected chi connectivity index (χ0v) is 16.3. The summed E-state index contributed by atoms with van der Waals surface area (Å²) in [6.07, 6.45) is 3.18. The predicted octanol–water partition coefficient (Wildman–Crippen LogP) is 1.62. The Hall–Kier alpha value is -2.05. The van der Waals surface area contributed by atoms with Gasteiger partial charge >= 0.3 is 5.69 Å². The lowest BCUT2D eigenvalue weighted by Gasteiger charge is -2.40. The molecule has 0 radical (unpaired) electrons. The van der Waals surface area contributed by atoms with E-state index in [0.29, 0.717) is 32.0 Å². The van der Waals surface area contributed by atoms with Crippen LogP contribution in [0, 0.1) is 5.92 Å². The molecule has 1 aromatic rings. The topological polar surface area (TPSA) is 67.5 Å². The number of carbonyl (C=O) groups excluding carboxylic acids is 1. The lowest BCUT2D eigenvalue weighted by Crippen LogP contribution is -2.53. The molecule has 7 heteroatoms. The second kappa shape index (κ2) is 7.29. The van der Waals surface area contributed by atoms with Gasteiger partial charge in [0.25, 0.3) is 5.56 Å². The third kappa shape index (κ3) is 3.31. The summed E-state index contributed by atoms with van der Waals surface area (Å²) >= 11 is 0. The van der Waals surface area contributed by atoms with Crippen LogP contribution in [0.4, 0.5) is 5.82 Å². The van der Waals surface area contributed by atoms with E-state index in [1.165, 1.54) is 4.57 Å². The zero-order chi connectivity index (χ0) is 19.0. The molecular weight excluding hydrogens is 332 g/mol. The molecule has 1 amide bonds. The highest BCUT2D eigenvalue weighted by molar-refractivity contribution is 5.79. The van der Waals surface area contributed by atoms with Crippen molar-refractivity contribution in [2.45, 2.75) is 59.0 Å². The van der Waals surface area contributed by atoms with Gasteiger partial charge in [-0.3, -0.25) is 18.7 Å². The minimum Gasteiger partial charge on any atom is -0.354 e. The highest BCUT2D eigenvalue weighted by Crippen LogP contribution is 2.29. The fraction of sp³-hybridized carbons (Fsp3) is 0.737. The van der Waals surface area contributed by atoms with Gasteiger partial charge in [-0.2, -0.15) is 0 Å². The molecule has 2 fully saturated rings. The Morgan fingerprint density at radius 2 is 1.54 bits per heavy atom. The molecule has 2 aliphatic rings. The summed E-state index contributed by atoms with van der Waals surface area (Å²) in [6, 6.07) is 1.36. The number of nitrogens with zero attached hydrogens (tertiary/aromatic N) is 4. The molecule has 0 bridgehead atoms. The first-order valence-electron chi connectivity index (χ1n) is 9.73. The normalized spacial score (nSPS) is 18.5. The fourth-order valence-electron chi connectivity index (χ4n) is 3.83. The molecule has 1 aliphatic carbocycles. The standard InChI is InChI=1S/C19H30N4O3/c1-13(2)22-16(12-17(24)23(14(3)4)19(22)26)20-8-10-21(11-9-20)18(25)15-6-5-7-15/h12-15H,5-11H2,1-4H3. The van der Waals surface area contributed by atoms with E-state index in [4.69, 9.17) is 0 Å². The lowest BCUT2D eigenvalue weighted by atomic mass is 9.84. The summed E-state index contributed by atoms with van der Waals surface area (Å²) in [7, 11) is 0. The number of amides is 1. The monoisotopic (exact) mass is 362 g/mol. The van der Waals surface area contributed by atoms with Gasteiger partial charge in [0, 0.05) is 50.2 Å². The first kappa shape index (κ1) is 18.7. The van der Waals surface area contributed by atoms with Gasteiger partial charge in [-0.1, -0.05) is 6.42 Å². The highest BCUT2D eigenvalue weighted by Gasteiger charge is 2.32. The van der Waals surface area contributed by atoms with Crippen LogP contribution in [0.25, 0.3) is 0 Å². The minimum absolute atomic E-state index is 0.0438. The molecule has 2 heterocycles. The first-order chi connectivity index (χ1) is 12.3. The van der Waals surface area contributed by atoms with Crippen molar-refractivity contribution in [1.29, 1.82) is 0 Å². The molecule has 7 nitrogen and oxygen atoms in total. The van der Waals surface area contributed by atoms with E-state index in [1.54, 1.807) is 10.6 Å². The van der Waals surface area contributed by atoms with Gasteiger partial charge in [0.05, 0.1) is 0 Å². The molecule has 0 atom stereocenters. The van der Waals surface area contributed by atoms with E-state index < -0.39 is 0 Å². The van der Waals surface area contributed by atoms with E-state index in [0.717, 1.165) is 19.3 Å². The van der Waals surface area contributed by atoms with Crippen molar-refractivity contribution in [2.75, 3.05) is 31.1 Å². The number of carbonyl (C=O) groups is 1. The number of rotatable bonds is 4.